The fourth-order valence-electron chi connectivity index (χ4n) is 1.79. The first-order valence-electron chi connectivity index (χ1n) is 5.89. The first-order chi connectivity index (χ1) is 9.55. The number of aromatic nitrogens is 1. The normalized spacial score (nSPS) is 10.4. The predicted octanol–water partition coefficient (Wildman–Crippen LogP) is 2.76. The Morgan fingerprint density at radius 3 is 2.65 bits per heavy atom. The zero-order valence-corrected chi connectivity index (χ0v) is 12.2. The number of carbonyl (C=O) groups excluding carboxylic acids is 1. The van der Waals surface area contributed by atoms with E-state index in [9.17, 15) is 4.79 Å². The van der Waals surface area contributed by atoms with Gasteiger partial charge < -0.3 is 14.2 Å². The SMILES string of the molecule is COC(=O)COc1cc(C)nc2cc(Cl)c(OC)cc12. The van der Waals surface area contributed by atoms with Crippen molar-refractivity contribution in [3.63, 3.8) is 0 Å². The number of hydrogen-bond donors (Lipinski definition) is 0. The highest BCUT2D eigenvalue weighted by Gasteiger charge is 2.11. The van der Waals surface area contributed by atoms with Crippen LogP contribution in [0.2, 0.25) is 5.02 Å². The van der Waals surface area contributed by atoms with Gasteiger partial charge >= 0.3 is 5.97 Å². The van der Waals surface area contributed by atoms with Crippen LogP contribution in [0, 0.1) is 6.92 Å². The van der Waals surface area contributed by atoms with Crippen LogP contribution >= 0.6 is 11.6 Å². The molecule has 0 spiro atoms. The Balaban J connectivity index is 2.49. The highest BCUT2D eigenvalue weighted by atomic mass is 35.5. The first-order valence-corrected chi connectivity index (χ1v) is 6.27. The minimum atomic E-state index is -0.450. The second-order valence-corrected chi connectivity index (χ2v) is 4.54. The summed E-state index contributed by atoms with van der Waals surface area (Å²) in [5, 5.41) is 1.19. The van der Waals surface area contributed by atoms with Crippen LogP contribution in [0.15, 0.2) is 18.2 Å². The molecule has 20 heavy (non-hydrogen) atoms. The molecule has 1 aromatic carbocycles. The smallest absolute Gasteiger partial charge is 0.343 e. The van der Waals surface area contributed by atoms with Crippen molar-refractivity contribution in [1.82, 2.24) is 4.98 Å². The van der Waals surface area contributed by atoms with E-state index in [0.29, 0.717) is 22.0 Å². The van der Waals surface area contributed by atoms with Gasteiger partial charge in [-0.2, -0.15) is 0 Å². The predicted molar refractivity (Wildman–Crippen MR) is 75.6 cm³/mol. The molecule has 0 N–H and O–H groups in total. The van der Waals surface area contributed by atoms with Crippen LogP contribution in [0.5, 0.6) is 11.5 Å². The summed E-state index contributed by atoms with van der Waals surface area (Å²) in [6.45, 7) is 1.67. The average molecular weight is 296 g/mol. The quantitative estimate of drug-likeness (QED) is 0.812. The third-order valence-corrected chi connectivity index (χ3v) is 3.04. The van der Waals surface area contributed by atoms with Crippen molar-refractivity contribution < 1.29 is 19.0 Å². The zero-order chi connectivity index (χ0) is 14.7. The third kappa shape index (κ3) is 2.93. The van der Waals surface area contributed by atoms with E-state index < -0.39 is 5.97 Å². The fourth-order valence-corrected chi connectivity index (χ4v) is 2.03. The summed E-state index contributed by atoms with van der Waals surface area (Å²) in [4.78, 5) is 15.6. The summed E-state index contributed by atoms with van der Waals surface area (Å²) < 4.78 is 15.2. The number of carbonyl (C=O) groups is 1. The summed E-state index contributed by atoms with van der Waals surface area (Å²) in [6, 6.07) is 5.18. The summed E-state index contributed by atoms with van der Waals surface area (Å²) in [5.41, 5.74) is 1.44. The Hall–Kier alpha value is -2.01. The standard InChI is InChI=1S/C14H14ClNO4/c1-8-4-12(20-7-14(17)19-3)9-5-13(18-2)10(15)6-11(9)16-8/h4-6H,7H2,1-3H3. The van der Waals surface area contributed by atoms with Crippen molar-refractivity contribution in [3.05, 3.63) is 28.9 Å². The lowest BCUT2D eigenvalue weighted by molar-refractivity contribution is -0.142. The molecule has 0 aliphatic carbocycles. The van der Waals surface area contributed by atoms with Crippen molar-refractivity contribution in [2.24, 2.45) is 0 Å². The number of ether oxygens (including phenoxy) is 3. The lowest BCUT2D eigenvalue weighted by Crippen LogP contribution is -2.12. The minimum absolute atomic E-state index is 0.167. The molecule has 0 atom stereocenters. The van der Waals surface area contributed by atoms with Gasteiger partial charge in [-0.3, -0.25) is 4.98 Å². The van der Waals surface area contributed by atoms with E-state index >= 15 is 0 Å². The third-order valence-electron chi connectivity index (χ3n) is 2.75. The van der Waals surface area contributed by atoms with E-state index in [0.717, 1.165) is 11.1 Å². The maximum absolute atomic E-state index is 11.2. The van der Waals surface area contributed by atoms with Crippen molar-refractivity contribution in [1.29, 1.82) is 0 Å². The maximum Gasteiger partial charge on any atom is 0.343 e. The lowest BCUT2D eigenvalue weighted by Gasteiger charge is -2.11. The Morgan fingerprint density at radius 1 is 1.25 bits per heavy atom. The molecule has 5 nitrogen and oxygen atoms in total. The van der Waals surface area contributed by atoms with Gasteiger partial charge in [-0.15, -0.1) is 0 Å². The zero-order valence-electron chi connectivity index (χ0n) is 11.4. The van der Waals surface area contributed by atoms with Crippen LogP contribution in [0.1, 0.15) is 5.69 Å². The molecule has 0 unspecified atom stereocenters. The van der Waals surface area contributed by atoms with E-state index in [1.807, 2.05) is 6.92 Å². The van der Waals surface area contributed by atoms with Crippen LogP contribution in [0.4, 0.5) is 0 Å². The maximum atomic E-state index is 11.2. The number of pyridine rings is 1. The largest absolute Gasteiger partial charge is 0.495 e. The van der Waals surface area contributed by atoms with Gasteiger partial charge in [-0.1, -0.05) is 11.6 Å². The Kier molecular flexibility index (Phi) is 4.29. The van der Waals surface area contributed by atoms with Crippen LogP contribution in [0.3, 0.4) is 0 Å². The molecule has 2 aromatic rings. The molecule has 0 saturated carbocycles. The second kappa shape index (κ2) is 5.96. The van der Waals surface area contributed by atoms with Crippen molar-refractivity contribution in [2.75, 3.05) is 20.8 Å². The molecule has 106 valence electrons. The summed E-state index contributed by atoms with van der Waals surface area (Å²) in [5.74, 6) is 0.606. The minimum Gasteiger partial charge on any atom is -0.495 e. The molecule has 1 heterocycles. The van der Waals surface area contributed by atoms with Gasteiger partial charge in [0.05, 0.1) is 24.8 Å². The molecular weight excluding hydrogens is 282 g/mol. The highest BCUT2D eigenvalue weighted by molar-refractivity contribution is 6.32. The summed E-state index contributed by atoms with van der Waals surface area (Å²) in [7, 11) is 2.84. The van der Waals surface area contributed by atoms with Crippen LogP contribution in [-0.4, -0.2) is 31.8 Å². The van der Waals surface area contributed by atoms with Crippen LogP contribution < -0.4 is 9.47 Å². The van der Waals surface area contributed by atoms with Crippen LogP contribution in [-0.2, 0) is 9.53 Å². The summed E-state index contributed by atoms with van der Waals surface area (Å²) >= 11 is 6.08. The molecule has 0 fully saturated rings. The number of esters is 1. The van der Waals surface area contributed by atoms with Gasteiger partial charge in [-0.25, -0.2) is 4.79 Å². The molecule has 2 rings (SSSR count). The number of rotatable bonds is 4. The van der Waals surface area contributed by atoms with E-state index in [-0.39, 0.29) is 6.61 Å². The number of nitrogens with zero attached hydrogens (tertiary/aromatic N) is 1. The number of benzene rings is 1. The van der Waals surface area contributed by atoms with Crippen LogP contribution in [0.25, 0.3) is 10.9 Å². The highest BCUT2D eigenvalue weighted by Crippen LogP contribution is 2.34. The molecule has 0 aliphatic rings. The Bertz CT molecular complexity index is 657. The van der Waals surface area contributed by atoms with Gasteiger partial charge in [0.25, 0.3) is 0 Å². The van der Waals surface area contributed by atoms with E-state index in [4.69, 9.17) is 21.1 Å². The number of methoxy groups -OCH3 is 2. The second-order valence-electron chi connectivity index (χ2n) is 4.13. The first kappa shape index (κ1) is 14.4. The Labute approximate surface area is 121 Å². The van der Waals surface area contributed by atoms with Gasteiger partial charge in [0.15, 0.2) is 6.61 Å². The van der Waals surface area contributed by atoms with Gasteiger partial charge in [-0.05, 0) is 19.1 Å². The number of aryl methyl sites for hydroxylation is 1. The van der Waals surface area contributed by atoms with E-state index in [1.54, 1.807) is 18.2 Å². The summed E-state index contributed by atoms with van der Waals surface area (Å²) in [6.07, 6.45) is 0. The topological polar surface area (TPSA) is 57.7 Å². The molecule has 0 saturated heterocycles. The number of fused-ring (bicyclic) bond motifs is 1. The van der Waals surface area contributed by atoms with E-state index in [1.165, 1.54) is 14.2 Å². The average Bonchev–Trinajstić information content (AvgIpc) is 2.43. The fraction of sp³-hybridized carbons (Fsp3) is 0.286. The molecule has 0 amide bonds. The molecular formula is C14H14ClNO4. The molecule has 0 aliphatic heterocycles. The monoisotopic (exact) mass is 295 g/mol. The van der Waals surface area contributed by atoms with Gasteiger partial charge in [0.2, 0.25) is 0 Å². The Morgan fingerprint density at radius 2 is 2.00 bits per heavy atom. The molecule has 0 radical (unpaired) electrons. The van der Waals surface area contributed by atoms with E-state index in [2.05, 4.69) is 9.72 Å². The number of halogens is 1. The van der Waals surface area contributed by atoms with Gasteiger partial charge in [0.1, 0.15) is 11.5 Å². The molecule has 0 bridgehead atoms. The lowest BCUT2D eigenvalue weighted by atomic mass is 10.1. The van der Waals surface area contributed by atoms with Gasteiger partial charge in [0, 0.05) is 17.1 Å². The molecule has 1 aromatic heterocycles. The number of hydrogen-bond acceptors (Lipinski definition) is 5. The van der Waals surface area contributed by atoms with Crippen molar-refractivity contribution in [3.8, 4) is 11.5 Å². The van der Waals surface area contributed by atoms with Crippen molar-refractivity contribution in [2.45, 2.75) is 6.92 Å². The molecule has 6 heteroatoms. The van der Waals surface area contributed by atoms with Crippen molar-refractivity contribution >= 4 is 28.5 Å².